The fraction of sp³-hybridized carbons (Fsp3) is 0.167. The maximum Gasteiger partial charge on any atom is 0.293 e. The van der Waals surface area contributed by atoms with Gasteiger partial charge < -0.3 is 24.1 Å². The molecular weight excluding hydrogens is 396 g/mol. The van der Waals surface area contributed by atoms with Crippen LogP contribution in [0.4, 0.5) is 11.4 Å². The van der Waals surface area contributed by atoms with E-state index in [1.807, 2.05) is 24.3 Å². The number of carbonyl (C=O) groups is 2. The zero-order chi connectivity index (χ0) is 21.8. The van der Waals surface area contributed by atoms with Crippen molar-refractivity contribution in [1.82, 2.24) is 0 Å². The third-order valence-corrected chi connectivity index (χ3v) is 5.06. The Hall–Kier alpha value is -4.00. The molecule has 0 spiro atoms. The monoisotopic (exact) mass is 418 g/mol. The molecule has 1 aliphatic rings. The van der Waals surface area contributed by atoms with E-state index < -0.39 is 0 Å². The summed E-state index contributed by atoms with van der Waals surface area (Å²) in [5.41, 5.74) is 3.25. The number of rotatable bonds is 6. The van der Waals surface area contributed by atoms with E-state index in [1.54, 1.807) is 49.5 Å². The number of amides is 2. The summed E-state index contributed by atoms with van der Waals surface area (Å²) in [6.45, 7) is 0.575. The Kier molecular flexibility index (Phi) is 5.75. The Bertz CT molecular complexity index is 1130. The number of ether oxygens (including phenoxy) is 2. The molecule has 2 amide bonds. The standard InChI is InChI=1S/C24H22N2O5/c1-29-20-9-5-16(14-22(20)30-2)6-10-23(27)25-18-8-7-17-11-12-26(19(17)15-18)24(28)21-4-3-13-31-21/h3-10,13-15H,11-12H2,1-2H3,(H,25,27)/b10-6+. The van der Waals surface area contributed by atoms with Gasteiger partial charge in [0.1, 0.15) is 0 Å². The first kappa shape index (κ1) is 20.3. The second-order valence-corrected chi connectivity index (χ2v) is 6.96. The minimum Gasteiger partial charge on any atom is -0.493 e. The van der Waals surface area contributed by atoms with Crippen molar-refractivity contribution in [2.45, 2.75) is 6.42 Å². The highest BCUT2D eigenvalue weighted by Crippen LogP contribution is 2.32. The number of nitrogens with one attached hydrogen (secondary N) is 1. The summed E-state index contributed by atoms with van der Waals surface area (Å²) >= 11 is 0. The number of hydrogen-bond acceptors (Lipinski definition) is 5. The van der Waals surface area contributed by atoms with Crippen molar-refractivity contribution in [3.8, 4) is 11.5 Å². The molecule has 7 heteroatoms. The summed E-state index contributed by atoms with van der Waals surface area (Å²) in [6, 6.07) is 14.3. The normalized spacial score (nSPS) is 12.6. The zero-order valence-electron chi connectivity index (χ0n) is 17.3. The van der Waals surface area contributed by atoms with Crippen LogP contribution in [0.3, 0.4) is 0 Å². The third kappa shape index (κ3) is 4.30. The average molecular weight is 418 g/mol. The maximum absolute atomic E-state index is 12.7. The molecule has 0 fully saturated rings. The van der Waals surface area contributed by atoms with E-state index >= 15 is 0 Å². The molecule has 0 saturated heterocycles. The fourth-order valence-electron chi connectivity index (χ4n) is 3.51. The van der Waals surface area contributed by atoms with Crippen molar-refractivity contribution in [3.05, 3.63) is 77.8 Å². The van der Waals surface area contributed by atoms with Crippen LogP contribution in [-0.4, -0.2) is 32.6 Å². The molecule has 2 heterocycles. The van der Waals surface area contributed by atoms with Gasteiger partial charge in [-0.1, -0.05) is 12.1 Å². The van der Waals surface area contributed by atoms with Crippen molar-refractivity contribution in [2.75, 3.05) is 31.0 Å². The van der Waals surface area contributed by atoms with E-state index in [0.29, 0.717) is 29.5 Å². The number of anilines is 2. The summed E-state index contributed by atoms with van der Waals surface area (Å²) in [4.78, 5) is 26.8. The summed E-state index contributed by atoms with van der Waals surface area (Å²) < 4.78 is 15.7. The Morgan fingerprint density at radius 1 is 1.06 bits per heavy atom. The van der Waals surface area contributed by atoms with E-state index in [9.17, 15) is 9.59 Å². The predicted molar refractivity (Wildman–Crippen MR) is 118 cm³/mol. The lowest BCUT2D eigenvalue weighted by Crippen LogP contribution is -2.28. The number of methoxy groups -OCH3 is 2. The lowest BCUT2D eigenvalue weighted by Gasteiger charge is -2.16. The van der Waals surface area contributed by atoms with Crippen LogP contribution in [-0.2, 0) is 11.2 Å². The number of benzene rings is 2. The summed E-state index contributed by atoms with van der Waals surface area (Å²) in [6.07, 6.45) is 5.37. The molecule has 1 aromatic heterocycles. The number of nitrogens with zero attached hydrogens (tertiary/aromatic N) is 1. The van der Waals surface area contributed by atoms with Gasteiger partial charge in [-0.2, -0.15) is 0 Å². The van der Waals surface area contributed by atoms with Gasteiger partial charge in [0.25, 0.3) is 5.91 Å². The molecule has 7 nitrogen and oxygen atoms in total. The molecule has 3 aromatic rings. The summed E-state index contributed by atoms with van der Waals surface area (Å²) in [5, 5.41) is 2.84. The Balaban J connectivity index is 1.47. The van der Waals surface area contributed by atoms with Crippen molar-refractivity contribution in [3.63, 3.8) is 0 Å². The SMILES string of the molecule is COc1ccc(/C=C/C(=O)Nc2ccc3c(c2)N(C(=O)c2ccco2)CC3)cc1OC. The van der Waals surface area contributed by atoms with Gasteiger partial charge in [0.05, 0.1) is 20.5 Å². The molecule has 158 valence electrons. The number of hydrogen-bond donors (Lipinski definition) is 1. The van der Waals surface area contributed by atoms with Gasteiger partial charge in [0.15, 0.2) is 17.3 Å². The molecule has 2 aromatic carbocycles. The first-order valence-electron chi connectivity index (χ1n) is 9.78. The van der Waals surface area contributed by atoms with Gasteiger partial charge in [-0.25, -0.2) is 0 Å². The van der Waals surface area contributed by atoms with Gasteiger partial charge in [0, 0.05) is 24.0 Å². The molecule has 31 heavy (non-hydrogen) atoms. The third-order valence-electron chi connectivity index (χ3n) is 5.06. The minimum atomic E-state index is -0.281. The Morgan fingerprint density at radius 3 is 2.65 bits per heavy atom. The minimum absolute atomic E-state index is 0.194. The second-order valence-electron chi connectivity index (χ2n) is 6.96. The quantitative estimate of drug-likeness (QED) is 0.608. The van der Waals surface area contributed by atoms with E-state index in [2.05, 4.69) is 5.32 Å². The van der Waals surface area contributed by atoms with Gasteiger partial charge in [-0.05, 0) is 60.0 Å². The van der Waals surface area contributed by atoms with Crippen LogP contribution in [0.15, 0.2) is 65.3 Å². The molecule has 0 unspecified atom stereocenters. The molecule has 0 saturated carbocycles. The van der Waals surface area contributed by atoms with Crippen LogP contribution in [0.2, 0.25) is 0 Å². The van der Waals surface area contributed by atoms with Gasteiger partial charge in [-0.3, -0.25) is 9.59 Å². The van der Waals surface area contributed by atoms with Crippen molar-refractivity contribution >= 4 is 29.3 Å². The van der Waals surface area contributed by atoms with E-state index in [4.69, 9.17) is 13.9 Å². The number of carbonyl (C=O) groups excluding carboxylic acids is 2. The number of fused-ring (bicyclic) bond motifs is 1. The average Bonchev–Trinajstić information content (AvgIpc) is 3.47. The summed E-state index contributed by atoms with van der Waals surface area (Å²) in [7, 11) is 3.13. The first-order chi connectivity index (χ1) is 15.1. The fourth-order valence-corrected chi connectivity index (χ4v) is 3.51. The van der Waals surface area contributed by atoms with Gasteiger partial charge in [-0.15, -0.1) is 0 Å². The van der Waals surface area contributed by atoms with Crippen molar-refractivity contribution in [1.29, 1.82) is 0 Å². The Morgan fingerprint density at radius 2 is 1.90 bits per heavy atom. The smallest absolute Gasteiger partial charge is 0.293 e. The highest BCUT2D eigenvalue weighted by molar-refractivity contribution is 6.06. The van der Waals surface area contributed by atoms with Gasteiger partial charge in [0.2, 0.25) is 5.91 Å². The largest absolute Gasteiger partial charge is 0.493 e. The zero-order valence-corrected chi connectivity index (χ0v) is 17.3. The topological polar surface area (TPSA) is 81.0 Å². The molecule has 0 bridgehead atoms. The highest BCUT2D eigenvalue weighted by Gasteiger charge is 2.27. The van der Waals surface area contributed by atoms with Crippen molar-refractivity contribution in [2.24, 2.45) is 0 Å². The molecule has 0 radical (unpaired) electrons. The van der Waals surface area contributed by atoms with Gasteiger partial charge >= 0.3 is 0 Å². The first-order valence-corrected chi connectivity index (χ1v) is 9.78. The molecule has 1 N–H and O–H groups in total. The lowest BCUT2D eigenvalue weighted by molar-refractivity contribution is -0.111. The van der Waals surface area contributed by atoms with Crippen LogP contribution in [0.5, 0.6) is 11.5 Å². The van der Waals surface area contributed by atoms with Crippen molar-refractivity contribution < 1.29 is 23.5 Å². The molecular formula is C24H22N2O5. The van der Waals surface area contributed by atoms with E-state index in [-0.39, 0.29) is 11.8 Å². The predicted octanol–water partition coefficient (Wildman–Crippen LogP) is 4.15. The van der Waals surface area contributed by atoms with Crippen LogP contribution >= 0.6 is 0 Å². The van der Waals surface area contributed by atoms with E-state index in [1.165, 1.54) is 12.3 Å². The maximum atomic E-state index is 12.7. The second kappa shape index (κ2) is 8.79. The Labute approximate surface area is 179 Å². The lowest BCUT2D eigenvalue weighted by atomic mass is 10.1. The number of furan rings is 1. The van der Waals surface area contributed by atoms with E-state index in [0.717, 1.165) is 23.2 Å². The van der Waals surface area contributed by atoms with Crippen LogP contribution in [0.25, 0.3) is 6.08 Å². The molecule has 0 aliphatic carbocycles. The van der Waals surface area contributed by atoms with Crippen LogP contribution in [0.1, 0.15) is 21.7 Å². The van der Waals surface area contributed by atoms with Crippen LogP contribution in [0, 0.1) is 0 Å². The molecule has 1 aliphatic heterocycles. The highest BCUT2D eigenvalue weighted by atomic mass is 16.5. The molecule has 0 atom stereocenters. The van der Waals surface area contributed by atoms with Crippen LogP contribution < -0.4 is 19.7 Å². The summed E-state index contributed by atoms with van der Waals surface area (Å²) in [5.74, 6) is 1.03. The molecule has 4 rings (SSSR count).